The van der Waals surface area contributed by atoms with Gasteiger partial charge in [0.1, 0.15) is 11.9 Å². The molecule has 0 spiro atoms. The predicted octanol–water partition coefficient (Wildman–Crippen LogP) is 2.56. The third kappa shape index (κ3) is 10.0. The fourth-order valence-electron chi connectivity index (χ4n) is 3.53. The van der Waals surface area contributed by atoms with E-state index in [0.717, 1.165) is 6.92 Å². The van der Waals surface area contributed by atoms with Crippen molar-refractivity contribution in [3.63, 3.8) is 0 Å². The largest absolute Gasteiger partial charge is 0.490 e. The van der Waals surface area contributed by atoms with Crippen molar-refractivity contribution in [2.24, 2.45) is 12.8 Å². The Labute approximate surface area is 243 Å². The van der Waals surface area contributed by atoms with E-state index in [4.69, 9.17) is 30.5 Å². The number of aromatic nitrogens is 1. The van der Waals surface area contributed by atoms with Gasteiger partial charge in [-0.15, -0.1) is 0 Å². The number of nitrogens with one attached hydrogen (secondary N) is 4. The molecule has 2 amide bonds. The highest BCUT2D eigenvalue weighted by molar-refractivity contribution is 5.96. The first-order valence-electron chi connectivity index (χ1n) is 12.9. The second-order valence-electron chi connectivity index (χ2n) is 9.20. The summed E-state index contributed by atoms with van der Waals surface area (Å²) in [5, 5.41) is 18.2. The molecular formula is C29H36N6O7. The summed E-state index contributed by atoms with van der Waals surface area (Å²) in [6.45, 7) is 7.13. The summed E-state index contributed by atoms with van der Waals surface area (Å²) in [6, 6.07) is 13.6. The smallest absolute Gasteiger partial charge is 0.300 e. The molecule has 3 rings (SSSR count). The van der Waals surface area contributed by atoms with Crippen molar-refractivity contribution in [1.82, 2.24) is 15.4 Å². The minimum absolute atomic E-state index is 0.0749. The number of carbonyl (C=O) groups is 3. The molecule has 0 saturated heterocycles. The van der Waals surface area contributed by atoms with Gasteiger partial charge < -0.3 is 30.2 Å². The number of hydrogen-bond acceptors (Lipinski definition) is 8. The minimum atomic E-state index is -0.953. The molecule has 13 nitrogen and oxygen atoms in total. The van der Waals surface area contributed by atoms with Gasteiger partial charge in [-0.25, -0.2) is 0 Å². The third-order valence-electron chi connectivity index (χ3n) is 5.38. The van der Waals surface area contributed by atoms with Crippen LogP contribution in [-0.2, 0) is 16.6 Å². The van der Waals surface area contributed by atoms with Gasteiger partial charge in [0.25, 0.3) is 17.8 Å². The van der Waals surface area contributed by atoms with Gasteiger partial charge >= 0.3 is 0 Å². The first kappa shape index (κ1) is 32.9. The summed E-state index contributed by atoms with van der Waals surface area (Å²) in [7, 11) is 1.53. The number of benzene rings is 2. The maximum absolute atomic E-state index is 13.3. The van der Waals surface area contributed by atoms with E-state index in [2.05, 4.69) is 16.2 Å². The number of hydrogen-bond donors (Lipinski definition) is 6. The highest BCUT2D eigenvalue weighted by atomic mass is 16.5. The lowest BCUT2D eigenvalue weighted by molar-refractivity contribution is -0.134. The van der Waals surface area contributed by atoms with Gasteiger partial charge in [-0.05, 0) is 68.8 Å². The molecule has 1 aromatic heterocycles. The second kappa shape index (κ2) is 15.5. The van der Waals surface area contributed by atoms with Gasteiger partial charge in [-0.1, -0.05) is 6.07 Å². The second-order valence-corrected chi connectivity index (χ2v) is 9.20. The van der Waals surface area contributed by atoms with Crippen LogP contribution in [-0.4, -0.2) is 46.0 Å². The number of amides is 2. The average molecular weight is 581 g/mol. The standard InChI is InChI=1S/C27H32N6O5.C2H4O2/c1-5-37-22-14-18(8-12-21(22)38-16(2)3)24(30-20-10-6-17(7-11-20)25(28)29)27(36)32-31-26(35)19-9-13-23(34)33(4)15-19;1-2(3)4/h6-16,24,30H,5H2,1-4H3,(H3,28,29)(H,31,35)(H,32,36);1H3,(H,3,4). The van der Waals surface area contributed by atoms with Crippen molar-refractivity contribution in [3.8, 4) is 11.5 Å². The van der Waals surface area contributed by atoms with Crippen LogP contribution in [0.4, 0.5) is 5.69 Å². The molecular weight excluding hydrogens is 544 g/mol. The van der Waals surface area contributed by atoms with Crippen molar-refractivity contribution < 1.29 is 29.0 Å². The van der Waals surface area contributed by atoms with Crippen molar-refractivity contribution >= 4 is 29.3 Å². The predicted molar refractivity (Wildman–Crippen MR) is 158 cm³/mol. The summed E-state index contributed by atoms with van der Waals surface area (Å²) in [5.41, 5.74) is 12.0. The number of nitrogen functional groups attached to an aromatic ring is 1. The molecule has 1 unspecified atom stereocenters. The average Bonchev–Trinajstić information content (AvgIpc) is 2.92. The van der Waals surface area contributed by atoms with Crippen molar-refractivity contribution in [2.45, 2.75) is 39.8 Å². The number of carboxylic acid groups (broad SMARTS) is 1. The number of nitrogens with zero attached hydrogens (tertiary/aromatic N) is 1. The molecule has 0 saturated carbocycles. The quantitative estimate of drug-likeness (QED) is 0.119. The Bertz CT molecular complexity index is 1460. The normalized spacial score (nSPS) is 10.9. The Kier molecular flexibility index (Phi) is 12.1. The van der Waals surface area contributed by atoms with E-state index in [1.807, 2.05) is 20.8 Å². The number of ether oxygens (including phenoxy) is 2. The van der Waals surface area contributed by atoms with Gasteiger partial charge in [0, 0.05) is 37.5 Å². The molecule has 2 aromatic carbocycles. The van der Waals surface area contributed by atoms with Gasteiger partial charge in [0.05, 0.1) is 18.3 Å². The Balaban J connectivity index is 0.00000144. The maximum Gasteiger partial charge on any atom is 0.300 e. The number of hydrazine groups is 1. The summed E-state index contributed by atoms with van der Waals surface area (Å²) in [6.07, 6.45) is 1.29. The lowest BCUT2D eigenvalue weighted by Crippen LogP contribution is -2.45. The Morgan fingerprint density at radius 3 is 2.17 bits per heavy atom. The number of amidine groups is 1. The molecule has 7 N–H and O–H groups in total. The summed E-state index contributed by atoms with van der Waals surface area (Å²) >= 11 is 0. The molecule has 13 heteroatoms. The number of carboxylic acids is 1. The van der Waals surface area contributed by atoms with Gasteiger partial charge in [-0.3, -0.25) is 35.4 Å². The summed E-state index contributed by atoms with van der Waals surface area (Å²) in [4.78, 5) is 46.5. The fourth-order valence-corrected chi connectivity index (χ4v) is 3.53. The highest BCUT2D eigenvalue weighted by Crippen LogP contribution is 2.32. The van der Waals surface area contributed by atoms with Crippen LogP contribution in [0.1, 0.15) is 55.2 Å². The molecule has 0 aliphatic heterocycles. The topological polar surface area (TPSA) is 198 Å². The van der Waals surface area contributed by atoms with E-state index in [-0.39, 0.29) is 23.1 Å². The van der Waals surface area contributed by atoms with Crippen molar-refractivity contribution in [3.05, 3.63) is 87.8 Å². The van der Waals surface area contributed by atoms with Crippen LogP contribution >= 0.6 is 0 Å². The van der Waals surface area contributed by atoms with E-state index in [0.29, 0.717) is 34.9 Å². The van der Waals surface area contributed by atoms with Crippen LogP contribution in [0.3, 0.4) is 0 Å². The lowest BCUT2D eigenvalue weighted by Gasteiger charge is -2.22. The first-order valence-corrected chi connectivity index (χ1v) is 12.9. The number of carbonyl (C=O) groups excluding carboxylic acids is 2. The van der Waals surface area contributed by atoms with E-state index in [1.165, 1.54) is 29.9 Å². The Morgan fingerprint density at radius 2 is 1.62 bits per heavy atom. The summed E-state index contributed by atoms with van der Waals surface area (Å²) in [5.74, 6) is -1.04. The number of rotatable bonds is 10. The Morgan fingerprint density at radius 1 is 1.00 bits per heavy atom. The third-order valence-corrected chi connectivity index (χ3v) is 5.38. The van der Waals surface area contributed by atoms with E-state index >= 15 is 0 Å². The molecule has 1 heterocycles. The lowest BCUT2D eigenvalue weighted by atomic mass is 10.0. The SMILES string of the molecule is CC(=O)O.CCOc1cc(C(Nc2ccc(C(=N)N)cc2)C(=O)NNC(=O)c2ccc(=O)n(C)c2)ccc1OC(C)C. The van der Waals surface area contributed by atoms with Gasteiger partial charge in [-0.2, -0.15) is 0 Å². The van der Waals surface area contributed by atoms with Crippen LogP contribution in [0.5, 0.6) is 11.5 Å². The Hall–Kier alpha value is -5.33. The van der Waals surface area contributed by atoms with Crippen LogP contribution in [0.2, 0.25) is 0 Å². The van der Waals surface area contributed by atoms with E-state index < -0.39 is 23.8 Å². The molecule has 3 aromatic rings. The van der Waals surface area contributed by atoms with Crippen LogP contribution in [0.15, 0.2) is 65.6 Å². The number of nitrogens with two attached hydrogens (primary N) is 1. The molecule has 1 atom stereocenters. The zero-order valence-corrected chi connectivity index (χ0v) is 24.1. The fraction of sp³-hybridized carbons (Fsp3) is 0.276. The molecule has 0 radical (unpaired) electrons. The monoisotopic (exact) mass is 580 g/mol. The minimum Gasteiger partial charge on any atom is -0.490 e. The van der Waals surface area contributed by atoms with Crippen molar-refractivity contribution in [1.29, 1.82) is 5.41 Å². The van der Waals surface area contributed by atoms with Gasteiger partial charge in [0.2, 0.25) is 5.56 Å². The number of pyridine rings is 1. The van der Waals surface area contributed by atoms with Crippen LogP contribution < -0.4 is 36.9 Å². The number of aryl methyl sites for hydroxylation is 1. The van der Waals surface area contributed by atoms with E-state index in [1.54, 1.807) is 42.5 Å². The highest BCUT2D eigenvalue weighted by Gasteiger charge is 2.24. The molecule has 224 valence electrons. The molecule has 42 heavy (non-hydrogen) atoms. The molecule has 0 bridgehead atoms. The van der Waals surface area contributed by atoms with Crippen molar-refractivity contribution in [2.75, 3.05) is 11.9 Å². The van der Waals surface area contributed by atoms with Crippen LogP contribution in [0, 0.1) is 5.41 Å². The number of anilines is 1. The molecule has 0 aliphatic carbocycles. The maximum atomic E-state index is 13.3. The summed E-state index contributed by atoms with van der Waals surface area (Å²) < 4.78 is 12.9. The zero-order chi connectivity index (χ0) is 31.4. The van der Waals surface area contributed by atoms with Gasteiger partial charge in [0.15, 0.2) is 11.5 Å². The van der Waals surface area contributed by atoms with E-state index in [9.17, 15) is 14.4 Å². The van der Waals surface area contributed by atoms with Crippen LogP contribution in [0.25, 0.3) is 0 Å². The molecule has 0 fully saturated rings. The number of aliphatic carboxylic acids is 1. The molecule has 0 aliphatic rings. The first-order chi connectivity index (χ1) is 19.8. The zero-order valence-electron chi connectivity index (χ0n) is 24.1.